The van der Waals surface area contributed by atoms with Gasteiger partial charge in [0.15, 0.2) is 5.11 Å². The number of thiocarbonyl (C=S) groups is 1. The Morgan fingerprint density at radius 1 is 1.11 bits per heavy atom. The molecule has 0 bridgehead atoms. The molecule has 0 spiro atoms. The third-order valence-corrected chi connectivity index (χ3v) is 6.15. The third-order valence-electron chi connectivity index (χ3n) is 5.50. The Hall–Kier alpha value is -3.82. The van der Waals surface area contributed by atoms with Gasteiger partial charge in [0.2, 0.25) is 5.91 Å². The molecular weight excluding hydrogens is 500 g/mol. The second kappa shape index (κ2) is 11.3. The summed E-state index contributed by atoms with van der Waals surface area (Å²) in [4.78, 5) is 45.7. The highest BCUT2D eigenvalue weighted by Gasteiger charge is 2.44. The first-order valence-electron chi connectivity index (χ1n) is 11.2. The van der Waals surface area contributed by atoms with Crippen molar-refractivity contribution in [1.82, 2.24) is 9.88 Å². The predicted molar refractivity (Wildman–Crippen MR) is 141 cm³/mol. The van der Waals surface area contributed by atoms with Crippen LogP contribution in [0.3, 0.4) is 0 Å². The molecule has 1 N–H and O–H groups in total. The predicted octanol–water partition coefficient (Wildman–Crippen LogP) is 4.44. The summed E-state index contributed by atoms with van der Waals surface area (Å²) < 4.78 is 4.97. The minimum atomic E-state index is -0.836. The highest BCUT2D eigenvalue weighted by molar-refractivity contribution is 7.80. The van der Waals surface area contributed by atoms with Gasteiger partial charge < -0.3 is 15.0 Å². The minimum absolute atomic E-state index is 0.136. The minimum Gasteiger partial charge on any atom is -0.462 e. The highest BCUT2D eigenvalue weighted by atomic mass is 35.5. The molecule has 4 rings (SSSR count). The van der Waals surface area contributed by atoms with Gasteiger partial charge in [0.25, 0.3) is 5.91 Å². The molecule has 1 fully saturated rings. The molecule has 0 aliphatic carbocycles. The number of aromatic nitrogens is 1. The number of hydrogen-bond acceptors (Lipinski definition) is 6. The van der Waals surface area contributed by atoms with Crippen LogP contribution in [0.15, 0.2) is 72.9 Å². The highest BCUT2D eigenvalue weighted by Crippen LogP contribution is 2.30. The Morgan fingerprint density at radius 2 is 1.89 bits per heavy atom. The molecule has 1 atom stereocenters. The molecule has 1 saturated heterocycles. The molecule has 36 heavy (non-hydrogen) atoms. The maximum atomic E-state index is 13.5. The normalized spacial score (nSPS) is 15.2. The quantitative estimate of drug-likeness (QED) is 0.345. The molecule has 1 aliphatic rings. The molecule has 2 amide bonds. The number of pyridine rings is 1. The van der Waals surface area contributed by atoms with Crippen molar-refractivity contribution in [2.75, 3.05) is 16.8 Å². The second-order valence-corrected chi connectivity index (χ2v) is 8.75. The van der Waals surface area contributed by atoms with Gasteiger partial charge in [-0.3, -0.25) is 19.5 Å². The van der Waals surface area contributed by atoms with E-state index in [1.807, 2.05) is 12.1 Å². The number of rotatable bonds is 8. The summed E-state index contributed by atoms with van der Waals surface area (Å²) in [5.74, 6) is -1.14. The number of esters is 1. The molecule has 10 heteroatoms. The van der Waals surface area contributed by atoms with Crippen LogP contribution < -0.4 is 10.2 Å². The Labute approximate surface area is 218 Å². The van der Waals surface area contributed by atoms with E-state index in [0.29, 0.717) is 27.7 Å². The lowest BCUT2D eigenvalue weighted by Gasteiger charge is -2.23. The number of nitrogens with zero attached hydrogens (tertiary/aromatic N) is 3. The van der Waals surface area contributed by atoms with Gasteiger partial charge in [0, 0.05) is 16.9 Å². The van der Waals surface area contributed by atoms with Gasteiger partial charge in [-0.1, -0.05) is 23.7 Å². The molecule has 8 nitrogen and oxygen atoms in total. The number of amides is 2. The zero-order chi connectivity index (χ0) is 25.7. The fourth-order valence-electron chi connectivity index (χ4n) is 3.82. The van der Waals surface area contributed by atoms with Gasteiger partial charge in [-0.15, -0.1) is 0 Å². The van der Waals surface area contributed by atoms with Gasteiger partial charge in [0.1, 0.15) is 6.04 Å². The number of halogens is 1. The van der Waals surface area contributed by atoms with Crippen LogP contribution in [0.5, 0.6) is 0 Å². The largest absolute Gasteiger partial charge is 0.462 e. The van der Waals surface area contributed by atoms with Crippen molar-refractivity contribution in [3.63, 3.8) is 0 Å². The first-order chi connectivity index (χ1) is 17.4. The first kappa shape index (κ1) is 25.3. The van der Waals surface area contributed by atoms with Gasteiger partial charge in [-0.05, 0) is 73.7 Å². The van der Waals surface area contributed by atoms with Crippen molar-refractivity contribution in [2.24, 2.45) is 0 Å². The lowest BCUT2D eigenvalue weighted by molar-refractivity contribution is -0.124. The summed E-state index contributed by atoms with van der Waals surface area (Å²) in [5, 5.41) is 3.51. The van der Waals surface area contributed by atoms with Crippen LogP contribution in [-0.4, -0.2) is 45.4 Å². The van der Waals surface area contributed by atoms with Gasteiger partial charge in [-0.2, -0.15) is 0 Å². The van der Waals surface area contributed by atoms with E-state index in [1.54, 1.807) is 72.6 Å². The summed E-state index contributed by atoms with van der Waals surface area (Å²) >= 11 is 11.8. The smallest absolute Gasteiger partial charge is 0.338 e. The molecule has 2 heterocycles. The van der Waals surface area contributed by atoms with Crippen LogP contribution >= 0.6 is 23.8 Å². The third kappa shape index (κ3) is 5.69. The van der Waals surface area contributed by atoms with E-state index in [2.05, 4.69) is 10.3 Å². The Kier molecular flexibility index (Phi) is 7.92. The van der Waals surface area contributed by atoms with Crippen LogP contribution in [0, 0.1) is 0 Å². The second-order valence-electron chi connectivity index (χ2n) is 7.95. The molecule has 0 radical (unpaired) electrons. The van der Waals surface area contributed by atoms with Crippen LogP contribution in [0.1, 0.15) is 29.4 Å². The van der Waals surface area contributed by atoms with Crippen molar-refractivity contribution in [3.8, 4) is 0 Å². The zero-order valence-corrected chi connectivity index (χ0v) is 21.0. The monoisotopic (exact) mass is 522 g/mol. The molecular formula is C26H23ClN4O4S. The number of benzene rings is 2. The van der Waals surface area contributed by atoms with Crippen LogP contribution in [0.25, 0.3) is 0 Å². The summed E-state index contributed by atoms with van der Waals surface area (Å²) in [6, 6.07) is 17.8. The maximum Gasteiger partial charge on any atom is 0.338 e. The average Bonchev–Trinajstić information content (AvgIpc) is 3.09. The zero-order valence-electron chi connectivity index (χ0n) is 19.4. The molecule has 0 saturated carbocycles. The fraction of sp³-hybridized carbons (Fsp3) is 0.192. The summed E-state index contributed by atoms with van der Waals surface area (Å²) in [7, 11) is 0. The topological polar surface area (TPSA) is 91.8 Å². The number of carbonyl (C=O) groups excluding carboxylic acids is 3. The Balaban J connectivity index is 1.54. The van der Waals surface area contributed by atoms with Crippen LogP contribution in [0.2, 0.25) is 5.02 Å². The molecule has 184 valence electrons. The molecule has 2 aromatic carbocycles. The molecule has 1 unspecified atom stereocenters. The van der Waals surface area contributed by atoms with E-state index in [9.17, 15) is 14.4 Å². The number of carbonyl (C=O) groups is 3. The van der Waals surface area contributed by atoms with E-state index >= 15 is 0 Å². The van der Waals surface area contributed by atoms with Crippen molar-refractivity contribution >= 4 is 58.1 Å². The Morgan fingerprint density at radius 3 is 2.56 bits per heavy atom. The number of nitrogens with one attached hydrogen (secondary N) is 1. The van der Waals surface area contributed by atoms with Gasteiger partial charge in [0.05, 0.1) is 36.5 Å². The lowest BCUT2D eigenvalue weighted by atomic mass is 10.1. The maximum absolute atomic E-state index is 13.5. The number of ether oxygens (including phenoxy) is 1. The van der Waals surface area contributed by atoms with E-state index < -0.39 is 12.0 Å². The van der Waals surface area contributed by atoms with E-state index in [1.165, 1.54) is 4.90 Å². The van der Waals surface area contributed by atoms with Gasteiger partial charge in [-0.25, -0.2) is 4.79 Å². The fourth-order valence-corrected chi connectivity index (χ4v) is 4.40. The number of hydrogen-bond donors (Lipinski definition) is 1. The lowest BCUT2D eigenvalue weighted by Crippen LogP contribution is -2.37. The van der Waals surface area contributed by atoms with E-state index in [-0.39, 0.29) is 36.5 Å². The Bertz CT molecular complexity index is 1290. The number of anilines is 2. The molecule has 1 aliphatic heterocycles. The van der Waals surface area contributed by atoms with Crippen molar-refractivity contribution in [3.05, 3.63) is 89.2 Å². The van der Waals surface area contributed by atoms with Crippen LogP contribution in [-0.2, 0) is 20.9 Å². The van der Waals surface area contributed by atoms with E-state index in [4.69, 9.17) is 28.6 Å². The van der Waals surface area contributed by atoms with Gasteiger partial charge >= 0.3 is 5.97 Å². The first-order valence-corrected chi connectivity index (χ1v) is 12.0. The standard InChI is InChI=1S/C26H23ClN4O4S/c1-2-35-25(34)17-9-11-19(12-10-17)29-23(32)15-22-24(33)31(21-8-5-6-18(27)14-21)26(36)30(22)16-20-7-3-4-13-28-20/h3-14,22H,2,15-16H2,1H3,(H,29,32). The summed E-state index contributed by atoms with van der Waals surface area (Å²) in [6.45, 7) is 2.26. The summed E-state index contributed by atoms with van der Waals surface area (Å²) in [5.41, 5.74) is 2.11. The molecule has 3 aromatic rings. The van der Waals surface area contributed by atoms with Crippen LogP contribution in [0.4, 0.5) is 11.4 Å². The molecule has 1 aromatic heterocycles. The summed E-state index contributed by atoms with van der Waals surface area (Å²) in [6.07, 6.45) is 1.52. The SMILES string of the molecule is CCOC(=O)c1ccc(NC(=O)CC2C(=O)N(c3cccc(Cl)c3)C(=S)N2Cc2ccccn2)cc1. The van der Waals surface area contributed by atoms with E-state index in [0.717, 1.165) is 0 Å². The van der Waals surface area contributed by atoms with Crippen molar-refractivity contribution < 1.29 is 19.1 Å². The van der Waals surface area contributed by atoms with Crippen molar-refractivity contribution in [2.45, 2.75) is 25.9 Å². The van der Waals surface area contributed by atoms with Crippen molar-refractivity contribution in [1.29, 1.82) is 0 Å². The average molecular weight is 523 g/mol.